The van der Waals surface area contributed by atoms with Crippen LogP contribution in [0, 0.1) is 35.5 Å². The first-order valence-electron chi connectivity index (χ1n) is 21.4. The number of amides is 1. The second-order valence-corrected chi connectivity index (χ2v) is 19.8. The van der Waals surface area contributed by atoms with Crippen molar-refractivity contribution < 1.29 is 57.0 Å². The van der Waals surface area contributed by atoms with E-state index in [2.05, 4.69) is 18.2 Å². The summed E-state index contributed by atoms with van der Waals surface area (Å²) in [4.78, 5) is 42.5. The summed E-state index contributed by atoms with van der Waals surface area (Å²) < 4.78 is 53.0. The molecule has 0 aromatic rings. The van der Waals surface area contributed by atoms with Crippen LogP contribution in [-0.4, -0.2) is 129 Å². The van der Waals surface area contributed by atoms with Crippen LogP contribution in [0.25, 0.3) is 0 Å². The number of nitrogens with zero attached hydrogens (tertiary/aromatic N) is 1. The van der Waals surface area contributed by atoms with Crippen LogP contribution in [0.15, 0.2) is 23.8 Å². The Labute approximate surface area is 364 Å². The van der Waals surface area contributed by atoms with Crippen LogP contribution in [0.2, 0.25) is 0 Å². The molecule has 6 rings (SSSR count). The van der Waals surface area contributed by atoms with Crippen LogP contribution in [0.1, 0.15) is 85.5 Å². The number of allylic oxidation sites excluding steroid dienone is 4. The highest BCUT2D eigenvalue weighted by Crippen LogP contribution is 2.54. The molecule has 3 saturated heterocycles. The molecule has 17 atom stereocenters. The van der Waals surface area contributed by atoms with Gasteiger partial charge in [-0.2, -0.15) is 0 Å². The number of rotatable bonds is 10. The third kappa shape index (κ3) is 10.8. The van der Waals surface area contributed by atoms with Crippen molar-refractivity contribution in [3.8, 4) is 0 Å². The maximum absolute atomic E-state index is 14.8. The van der Waals surface area contributed by atoms with Gasteiger partial charge >= 0.3 is 12.1 Å². The number of likely N-dealkylation sites (N-methyl/N-ethyl adjacent to an activating group) is 1. The van der Waals surface area contributed by atoms with Crippen molar-refractivity contribution in [3.63, 3.8) is 0 Å². The van der Waals surface area contributed by atoms with Crippen molar-refractivity contribution in [2.45, 2.75) is 157 Å². The van der Waals surface area contributed by atoms with E-state index >= 15 is 0 Å². The van der Waals surface area contributed by atoms with Crippen LogP contribution in [0.3, 0.4) is 0 Å². The van der Waals surface area contributed by atoms with Crippen LogP contribution in [0.4, 0.5) is 4.79 Å². The fraction of sp³-hybridized carbons (Fsp3) is 0.837. The molecule has 0 aromatic carbocycles. The Morgan fingerprint density at radius 1 is 0.881 bits per heavy atom. The number of hydrogen-bond acceptors (Lipinski definition) is 12. The van der Waals surface area contributed by atoms with Crippen LogP contribution >= 0.6 is 34.8 Å². The summed E-state index contributed by atoms with van der Waals surface area (Å²) in [6, 6.07) is -0.288. The van der Waals surface area contributed by atoms with Gasteiger partial charge < -0.3 is 47.5 Å². The predicted octanol–water partition coefficient (Wildman–Crippen LogP) is 7.36. The number of carbonyl (C=O) groups excluding carboxylic acids is 3. The predicted molar refractivity (Wildman–Crippen MR) is 220 cm³/mol. The molecule has 1 amide bonds. The number of methoxy groups -OCH3 is 3. The second-order valence-electron chi connectivity index (χ2n) is 17.3. The summed E-state index contributed by atoms with van der Waals surface area (Å²) in [7, 11) is 6.55. The zero-order valence-corrected chi connectivity index (χ0v) is 37.9. The van der Waals surface area contributed by atoms with Gasteiger partial charge in [-0.05, 0) is 88.0 Å². The molecule has 3 aliphatic heterocycles. The van der Waals surface area contributed by atoms with E-state index in [0.717, 1.165) is 12.8 Å². The van der Waals surface area contributed by atoms with E-state index in [9.17, 15) is 14.4 Å². The molecule has 3 aliphatic carbocycles. The van der Waals surface area contributed by atoms with E-state index < -0.39 is 40.6 Å². The molecular formula is C43H64Cl3NO12. The molecule has 3 heterocycles. The van der Waals surface area contributed by atoms with Gasteiger partial charge in [0, 0.05) is 46.6 Å². The summed E-state index contributed by atoms with van der Waals surface area (Å²) in [5, 5.41) is 0. The number of ether oxygens (including phenoxy) is 9. The Bertz CT molecular complexity index is 1530. The van der Waals surface area contributed by atoms with E-state index in [1.54, 1.807) is 28.4 Å². The number of Topliss-reactive ketones (excluding diaryl/α,β-unsaturated/α-hetero) is 1. The van der Waals surface area contributed by atoms with E-state index in [1.165, 1.54) is 4.90 Å². The van der Waals surface area contributed by atoms with E-state index in [0.29, 0.717) is 44.1 Å². The zero-order chi connectivity index (χ0) is 42.8. The Morgan fingerprint density at radius 2 is 1.61 bits per heavy atom. The molecule has 4 fully saturated rings. The number of alkyl halides is 3. The maximum atomic E-state index is 14.8. The zero-order valence-electron chi connectivity index (χ0n) is 35.6. The lowest BCUT2D eigenvalue weighted by Gasteiger charge is -2.44. The quantitative estimate of drug-likeness (QED) is 0.123. The summed E-state index contributed by atoms with van der Waals surface area (Å²) >= 11 is 17.3. The minimum absolute atomic E-state index is 0.00504. The molecular weight excluding hydrogens is 829 g/mol. The Balaban J connectivity index is 1.16. The molecule has 0 unspecified atom stereocenters. The first-order chi connectivity index (χ1) is 28.1. The number of hydrogen-bond donors (Lipinski definition) is 0. The molecule has 0 N–H and O–H groups in total. The highest BCUT2D eigenvalue weighted by Gasteiger charge is 2.53. The topological polar surface area (TPSA) is 138 Å². The van der Waals surface area contributed by atoms with Crippen molar-refractivity contribution in [2.24, 2.45) is 35.5 Å². The molecule has 0 radical (unpaired) electrons. The highest BCUT2D eigenvalue weighted by atomic mass is 35.6. The molecule has 0 spiro atoms. The molecule has 59 heavy (non-hydrogen) atoms. The van der Waals surface area contributed by atoms with Gasteiger partial charge in [-0.25, -0.2) is 4.79 Å². The molecule has 0 bridgehead atoms. The van der Waals surface area contributed by atoms with Crippen molar-refractivity contribution in [2.75, 3.05) is 35.0 Å². The number of halogens is 3. The molecule has 1 saturated carbocycles. The summed E-state index contributed by atoms with van der Waals surface area (Å²) in [5.74, 6) is -0.568. The van der Waals surface area contributed by atoms with E-state index in [1.807, 2.05) is 27.7 Å². The molecule has 13 nitrogen and oxygen atoms in total. The van der Waals surface area contributed by atoms with Crippen molar-refractivity contribution in [1.29, 1.82) is 0 Å². The Kier molecular flexibility index (Phi) is 16.2. The minimum atomic E-state index is -1.71. The highest BCUT2D eigenvalue weighted by molar-refractivity contribution is 6.67. The van der Waals surface area contributed by atoms with Crippen molar-refractivity contribution in [1.82, 2.24) is 4.90 Å². The van der Waals surface area contributed by atoms with Crippen LogP contribution < -0.4 is 0 Å². The first-order valence-corrected chi connectivity index (χ1v) is 22.5. The number of fused-ring (bicyclic) bond motifs is 5. The first kappa shape index (κ1) is 47.0. The van der Waals surface area contributed by atoms with Gasteiger partial charge in [-0.1, -0.05) is 66.9 Å². The Morgan fingerprint density at radius 3 is 2.27 bits per heavy atom. The van der Waals surface area contributed by atoms with E-state index in [4.69, 9.17) is 77.4 Å². The SMILES string of the molecule is CC[C@@H]1CCC[C@H](O[C@H]2CC[C@H](N(C)C(=O)OCC(Cl)(Cl)Cl)[C@H](C)O2)[C@H](C)C(=O)C2=C[C@@H]3[C@@H](C=C[C@@H]4C[C@@H](O[C@@H]5O[C@@H](C)[C@H](OC)[C@@H](OC)[C@H]5OC)C[C@@H]34)[C@@H]2CC(=O)O1. The average Bonchev–Trinajstić information content (AvgIpc) is 3.78. The van der Waals surface area contributed by atoms with E-state index in [-0.39, 0.29) is 97.0 Å². The molecule has 0 aromatic heterocycles. The van der Waals surface area contributed by atoms with Gasteiger partial charge in [-0.3, -0.25) is 9.59 Å². The summed E-state index contributed by atoms with van der Waals surface area (Å²) in [6.07, 6.45) is 7.77. The Hall–Kier alpha value is -1.52. The monoisotopic (exact) mass is 891 g/mol. The number of ketones is 1. The lowest BCUT2D eigenvalue weighted by atomic mass is 9.70. The number of esters is 1. The third-order valence-corrected chi connectivity index (χ3v) is 14.1. The third-order valence-electron chi connectivity index (χ3n) is 13.7. The average molecular weight is 893 g/mol. The van der Waals surface area contributed by atoms with Gasteiger partial charge in [0.2, 0.25) is 3.79 Å². The maximum Gasteiger partial charge on any atom is 0.409 e. The number of cyclic esters (lactones) is 1. The fourth-order valence-electron chi connectivity index (χ4n) is 10.6. The van der Waals surface area contributed by atoms with Crippen molar-refractivity contribution >= 4 is 52.6 Å². The normalized spacial score (nSPS) is 41.7. The minimum Gasteiger partial charge on any atom is -0.462 e. The second kappa shape index (κ2) is 20.3. The van der Waals surface area contributed by atoms with Crippen LogP contribution in [-0.2, 0) is 52.2 Å². The molecule has 16 heteroatoms. The van der Waals surface area contributed by atoms with Crippen molar-refractivity contribution in [3.05, 3.63) is 23.8 Å². The largest absolute Gasteiger partial charge is 0.462 e. The summed E-state index contributed by atoms with van der Waals surface area (Å²) in [6.45, 7) is 7.43. The lowest BCUT2D eigenvalue weighted by Crippen LogP contribution is -2.59. The van der Waals surface area contributed by atoms with Gasteiger partial charge in [-0.15, -0.1) is 0 Å². The van der Waals surface area contributed by atoms with Gasteiger partial charge in [0.1, 0.15) is 31.0 Å². The lowest BCUT2D eigenvalue weighted by molar-refractivity contribution is -0.314. The smallest absolute Gasteiger partial charge is 0.409 e. The summed E-state index contributed by atoms with van der Waals surface area (Å²) in [5.41, 5.74) is 0.687. The fourth-order valence-corrected chi connectivity index (χ4v) is 10.8. The molecule has 6 aliphatic rings. The molecule has 334 valence electrons. The standard InChI is InChI=1S/C43H64Cl3NO12/c1-9-26-11-10-12-34(59-36-16-15-33(23(3)55-36)47(5)42(50)54-21-43(44,45)46)22(2)37(49)32-19-30-28(31(32)20-35(48)57-26)14-13-25-17-27(18-29(25)30)58-41-40(53-8)39(52-7)38(51-6)24(4)56-41/h13-14,19,22-31,33-34,36,38-41H,9-12,15-18,20-21H2,1-8H3/t22-,23-,24-,25+,26+,27+,28+,29+,30+,31-,33-,34-,36-,38-,39+,40+,41-/m0/s1. The van der Waals surface area contributed by atoms with Gasteiger partial charge in [0.25, 0.3) is 0 Å². The number of carbonyl (C=O) groups is 3. The van der Waals surface area contributed by atoms with Crippen LogP contribution in [0.5, 0.6) is 0 Å². The van der Waals surface area contributed by atoms with Gasteiger partial charge in [0.05, 0.1) is 36.9 Å². The van der Waals surface area contributed by atoms with Gasteiger partial charge in [0.15, 0.2) is 18.4 Å².